The van der Waals surface area contributed by atoms with Gasteiger partial charge in [0.15, 0.2) is 0 Å². The van der Waals surface area contributed by atoms with E-state index in [4.69, 9.17) is 0 Å². The fourth-order valence-corrected chi connectivity index (χ4v) is 3.18. The largest absolute Gasteiger partial charge is 0.240 e. The number of rotatable bonds is 4. The van der Waals surface area contributed by atoms with Crippen LogP contribution in [0.25, 0.3) is 0 Å². The van der Waals surface area contributed by atoms with E-state index in [0.717, 1.165) is 15.4 Å². The maximum Gasteiger partial charge on any atom is 0.240 e. The summed E-state index contributed by atoms with van der Waals surface area (Å²) in [4.78, 5) is 30.9. The Labute approximate surface area is 127 Å². The molecule has 0 aliphatic carbocycles. The molecule has 4 nitrogen and oxygen atoms in total. The second-order valence-corrected chi connectivity index (χ2v) is 6.71. The molecule has 20 heavy (non-hydrogen) atoms. The molecule has 0 heterocycles. The van der Waals surface area contributed by atoms with Crippen molar-refractivity contribution in [1.82, 2.24) is 0 Å². The van der Waals surface area contributed by atoms with Crippen LogP contribution in [0.4, 0.5) is 11.4 Å². The zero-order valence-corrected chi connectivity index (χ0v) is 13.7. The summed E-state index contributed by atoms with van der Waals surface area (Å²) in [5, 5.41) is 0. The molecule has 0 atom stereocenters. The van der Waals surface area contributed by atoms with E-state index >= 15 is 0 Å². The second-order valence-electron chi connectivity index (χ2n) is 5.01. The molecule has 0 amide bonds. The normalized spacial score (nSPS) is 10.7. The topological polar surface area (TPSA) is 58.9 Å². The van der Waals surface area contributed by atoms with Gasteiger partial charge in [0, 0.05) is 15.4 Å². The molecule has 0 spiro atoms. The van der Waals surface area contributed by atoms with Gasteiger partial charge in [0.1, 0.15) is 0 Å². The summed E-state index contributed by atoms with van der Waals surface area (Å²) in [6.45, 7) is 5.97. The van der Waals surface area contributed by atoms with E-state index in [1.807, 2.05) is 39.3 Å². The van der Waals surface area contributed by atoms with Gasteiger partial charge in [0.2, 0.25) is 12.2 Å². The van der Waals surface area contributed by atoms with Crippen molar-refractivity contribution in [2.75, 3.05) is 12.5 Å². The van der Waals surface area contributed by atoms with Crippen LogP contribution in [0.1, 0.15) is 26.3 Å². The van der Waals surface area contributed by atoms with Crippen molar-refractivity contribution < 1.29 is 9.59 Å². The third-order valence-corrected chi connectivity index (χ3v) is 4.21. The highest BCUT2D eigenvalue weighted by Crippen LogP contribution is 2.48. The quantitative estimate of drug-likeness (QED) is 0.471. The second kappa shape index (κ2) is 6.91. The molecule has 0 unspecified atom stereocenters. The van der Waals surface area contributed by atoms with Gasteiger partial charge in [-0.15, -0.1) is 23.5 Å². The Morgan fingerprint density at radius 3 is 1.60 bits per heavy atom. The molecule has 0 saturated heterocycles. The lowest BCUT2D eigenvalue weighted by Crippen LogP contribution is -2.12. The molecule has 0 aromatic heterocycles. The van der Waals surface area contributed by atoms with Crippen molar-refractivity contribution in [3.05, 3.63) is 11.6 Å². The Bertz CT molecular complexity index is 564. The lowest BCUT2D eigenvalue weighted by Gasteiger charge is -2.25. The standard InChI is InChI=1S/C14H16N2O2S2/c1-14(2,3)11-12(15-7-17)9(19-4)6-10(20-5)13(11)16-8-18/h6H,1-5H3. The first-order chi connectivity index (χ1) is 9.40. The number of thioether (sulfide) groups is 2. The van der Waals surface area contributed by atoms with Crippen LogP contribution < -0.4 is 0 Å². The molecule has 0 aliphatic heterocycles. The van der Waals surface area contributed by atoms with Gasteiger partial charge in [-0.2, -0.15) is 9.98 Å². The fourth-order valence-electron chi connectivity index (χ4n) is 1.95. The van der Waals surface area contributed by atoms with Gasteiger partial charge in [-0.25, -0.2) is 9.59 Å². The summed E-state index contributed by atoms with van der Waals surface area (Å²) in [6, 6.07) is 1.89. The Morgan fingerprint density at radius 2 is 1.35 bits per heavy atom. The third kappa shape index (κ3) is 3.41. The summed E-state index contributed by atoms with van der Waals surface area (Å²) in [5.74, 6) is 0. The van der Waals surface area contributed by atoms with Crippen LogP contribution >= 0.6 is 23.5 Å². The van der Waals surface area contributed by atoms with Crippen molar-refractivity contribution in [2.24, 2.45) is 9.98 Å². The van der Waals surface area contributed by atoms with E-state index in [9.17, 15) is 9.59 Å². The first-order valence-corrected chi connectivity index (χ1v) is 8.30. The van der Waals surface area contributed by atoms with E-state index < -0.39 is 0 Å². The van der Waals surface area contributed by atoms with Gasteiger partial charge in [0.25, 0.3) is 0 Å². The molecule has 6 heteroatoms. The minimum atomic E-state index is -0.318. The van der Waals surface area contributed by atoms with Crippen LogP contribution in [0.5, 0.6) is 0 Å². The van der Waals surface area contributed by atoms with Gasteiger partial charge in [-0.3, -0.25) is 0 Å². The number of carbonyl (C=O) groups excluding carboxylic acids is 2. The van der Waals surface area contributed by atoms with Crippen molar-refractivity contribution >= 4 is 47.1 Å². The van der Waals surface area contributed by atoms with Crippen molar-refractivity contribution in [3.63, 3.8) is 0 Å². The van der Waals surface area contributed by atoms with E-state index in [2.05, 4.69) is 9.98 Å². The van der Waals surface area contributed by atoms with Crippen LogP contribution in [0.3, 0.4) is 0 Å². The molecule has 1 aromatic carbocycles. The van der Waals surface area contributed by atoms with Crippen LogP contribution in [-0.2, 0) is 15.0 Å². The Morgan fingerprint density at radius 1 is 0.950 bits per heavy atom. The van der Waals surface area contributed by atoms with E-state index in [0.29, 0.717) is 11.4 Å². The number of isocyanates is 2. The Balaban J connectivity index is 3.95. The molecule has 0 N–H and O–H groups in total. The maximum absolute atomic E-state index is 10.7. The lowest BCUT2D eigenvalue weighted by molar-refractivity contribution is 0.563. The highest BCUT2D eigenvalue weighted by Gasteiger charge is 2.27. The predicted molar refractivity (Wildman–Crippen MR) is 84.3 cm³/mol. The van der Waals surface area contributed by atoms with Crippen LogP contribution in [-0.4, -0.2) is 24.7 Å². The van der Waals surface area contributed by atoms with Crippen LogP contribution in [0, 0.1) is 0 Å². The molecule has 1 rings (SSSR count). The van der Waals surface area contributed by atoms with Crippen molar-refractivity contribution in [1.29, 1.82) is 0 Å². The molecular formula is C14H16N2O2S2. The third-order valence-electron chi connectivity index (χ3n) is 2.71. The number of hydrogen-bond acceptors (Lipinski definition) is 6. The SMILES string of the molecule is CSc1cc(SC)c(N=C=O)c(C(C)(C)C)c1N=C=O. The number of nitrogens with zero attached hydrogens (tertiary/aromatic N) is 2. The van der Waals surface area contributed by atoms with Crippen LogP contribution in [0.15, 0.2) is 25.8 Å². The minimum Gasteiger partial charge on any atom is -0.211 e. The molecule has 0 aliphatic rings. The van der Waals surface area contributed by atoms with E-state index in [1.165, 1.54) is 23.5 Å². The van der Waals surface area contributed by atoms with Crippen LogP contribution in [0.2, 0.25) is 0 Å². The summed E-state index contributed by atoms with van der Waals surface area (Å²) in [5.41, 5.74) is 1.51. The molecule has 1 aromatic rings. The van der Waals surface area contributed by atoms with Gasteiger partial charge in [-0.1, -0.05) is 20.8 Å². The smallest absolute Gasteiger partial charge is 0.211 e. The van der Waals surface area contributed by atoms with E-state index in [-0.39, 0.29) is 5.41 Å². The van der Waals surface area contributed by atoms with Gasteiger partial charge >= 0.3 is 0 Å². The van der Waals surface area contributed by atoms with Crippen molar-refractivity contribution in [2.45, 2.75) is 36.0 Å². The average molecular weight is 308 g/mol. The summed E-state index contributed by atoms with van der Waals surface area (Å²) < 4.78 is 0. The fraction of sp³-hybridized carbons (Fsp3) is 0.429. The summed E-state index contributed by atoms with van der Waals surface area (Å²) >= 11 is 2.99. The Hall–Kier alpha value is -1.32. The molecule has 0 bridgehead atoms. The van der Waals surface area contributed by atoms with Gasteiger partial charge in [-0.05, 0) is 24.0 Å². The molecule has 106 valence electrons. The number of aliphatic imine (C=N–C) groups is 2. The molecule has 0 radical (unpaired) electrons. The first-order valence-electron chi connectivity index (χ1n) is 5.85. The van der Waals surface area contributed by atoms with E-state index in [1.54, 1.807) is 12.2 Å². The zero-order chi connectivity index (χ0) is 15.3. The molecule has 0 saturated carbocycles. The highest BCUT2D eigenvalue weighted by atomic mass is 32.2. The van der Waals surface area contributed by atoms with Gasteiger partial charge < -0.3 is 0 Å². The highest BCUT2D eigenvalue weighted by molar-refractivity contribution is 7.99. The molecular weight excluding hydrogens is 292 g/mol. The van der Waals surface area contributed by atoms with Gasteiger partial charge in [0.05, 0.1) is 11.4 Å². The lowest BCUT2D eigenvalue weighted by atomic mass is 9.84. The molecule has 0 fully saturated rings. The zero-order valence-electron chi connectivity index (χ0n) is 12.1. The van der Waals surface area contributed by atoms with Crippen molar-refractivity contribution in [3.8, 4) is 0 Å². The first kappa shape index (κ1) is 16.7. The summed E-state index contributed by atoms with van der Waals surface area (Å²) in [7, 11) is 0. The minimum absolute atomic E-state index is 0.318. The summed E-state index contributed by atoms with van der Waals surface area (Å²) in [6.07, 6.45) is 7.02. The predicted octanol–water partition coefficient (Wildman–Crippen LogP) is 4.36. The maximum atomic E-state index is 10.7. The number of benzene rings is 1. The Kier molecular flexibility index (Phi) is 5.78. The monoisotopic (exact) mass is 308 g/mol. The number of hydrogen-bond donors (Lipinski definition) is 0. The average Bonchev–Trinajstić information content (AvgIpc) is 2.38.